The van der Waals surface area contributed by atoms with Crippen LogP contribution in [0.1, 0.15) is 43.3 Å². The summed E-state index contributed by atoms with van der Waals surface area (Å²) in [5, 5.41) is 5.42. The zero-order valence-corrected chi connectivity index (χ0v) is 16.5. The Morgan fingerprint density at radius 2 is 1.55 bits per heavy atom. The van der Waals surface area contributed by atoms with Gasteiger partial charge in [0, 0.05) is 13.0 Å². The van der Waals surface area contributed by atoms with Gasteiger partial charge in [-0.3, -0.25) is 24.1 Å². The van der Waals surface area contributed by atoms with Crippen molar-refractivity contribution in [1.29, 1.82) is 0 Å². The minimum Gasteiger partial charge on any atom is -0.467 e. The van der Waals surface area contributed by atoms with E-state index in [1.807, 2.05) is 0 Å². The third kappa shape index (κ3) is 4.23. The van der Waals surface area contributed by atoms with Gasteiger partial charge >= 0.3 is 0 Å². The SMILES string of the molecule is O=C(CCN1C(=O)c2ccccc2C1=O)Nc1ccccc1C(=O)NCc1ccco1. The number of nitrogens with one attached hydrogen (secondary N) is 2. The summed E-state index contributed by atoms with van der Waals surface area (Å²) in [6.07, 6.45) is 1.43. The van der Waals surface area contributed by atoms with Crippen LogP contribution in [-0.4, -0.2) is 35.1 Å². The summed E-state index contributed by atoms with van der Waals surface area (Å²) in [6, 6.07) is 16.6. The molecule has 0 atom stereocenters. The van der Waals surface area contributed by atoms with E-state index in [1.165, 1.54) is 6.26 Å². The van der Waals surface area contributed by atoms with Crippen molar-refractivity contribution in [2.24, 2.45) is 0 Å². The Balaban J connectivity index is 1.37. The Morgan fingerprint density at radius 1 is 0.871 bits per heavy atom. The van der Waals surface area contributed by atoms with Crippen molar-refractivity contribution in [3.8, 4) is 0 Å². The van der Waals surface area contributed by atoms with Gasteiger partial charge in [0.05, 0.1) is 35.2 Å². The van der Waals surface area contributed by atoms with E-state index in [9.17, 15) is 19.2 Å². The van der Waals surface area contributed by atoms with Gasteiger partial charge in [-0.1, -0.05) is 24.3 Å². The average molecular weight is 417 g/mol. The van der Waals surface area contributed by atoms with E-state index < -0.39 is 17.7 Å². The van der Waals surface area contributed by atoms with Crippen molar-refractivity contribution in [3.05, 3.63) is 89.4 Å². The number of furan rings is 1. The van der Waals surface area contributed by atoms with Gasteiger partial charge in [-0.25, -0.2) is 0 Å². The summed E-state index contributed by atoms with van der Waals surface area (Å²) >= 11 is 0. The van der Waals surface area contributed by atoms with Crippen LogP contribution in [0.5, 0.6) is 0 Å². The molecule has 0 unspecified atom stereocenters. The number of fused-ring (bicyclic) bond motifs is 1. The first-order chi connectivity index (χ1) is 15.0. The fourth-order valence-electron chi connectivity index (χ4n) is 3.33. The summed E-state index contributed by atoms with van der Waals surface area (Å²) in [7, 11) is 0. The standard InChI is InChI=1S/C23H19N3O5/c27-20(11-12-26-22(29)16-7-1-2-8-17(16)23(26)30)25-19-10-4-3-9-18(19)21(28)24-14-15-6-5-13-31-15/h1-10,13H,11-12,14H2,(H,24,28)(H,25,27). The number of carbonyl (C=O) groups is 4. The number of nitrogens with zero attached hydrogens (tertiary/aromatic N) is 1. The molecule has 1 aliphatic heterocycles. The van der Waals surface area contributed by atoms with Gasteiger partial charge < -0.3 is 15.1 Å². The first-order valence-electron chi connectivity index (χ1n) is 9.69. The number of benzene rings is 2. The number of anilines is 1. The molecule has 0 saturated heterocycles. The second kappa shape index (κ2) is 8.66. The highest BCUT2D eigenvalue weighted by molar-refractivity contribution is 6.21. The maximum Gasteiger partial charge on any atom is 0.261 e. The summed E-state index contributed by atoms with van der Waals surface area (Å²) < 4.78 is 5.19. The molecule has 0 saturated carbocycles. The van der Waals surface area contributed by atoms with Crippen molar-refractivity contribution < 1.29 is 23.6 Å². The monoisotopic (exact) mass is 417 g/mol. The molecule has 4 amide bonds. The molecule has 2 N–H and O–H groups in total. The number of amides is 4. The van der Waals surface area contributed by atoms with E-state index in [0.717, 1.165) is 4.90 Å². The molecule has 4 rings (SSSR count). The number of carbonyl (C=O) groups excluding carboxylic acids is 4. The van der Waals surface area contributed by atoms with E-state index in [1.54, 1.807) is 60.7 Å². The quantitative estimate of drug-likeness (QED) is 0.575. The van der Waals surface area contributed by atoms with E-state index >= 15 is 0 Å². The molecule has 8 nitrogen and oxygen atoms in total. The predicted molar refractivity (Wildman–Crippen MR) is 111 cm³/mol. The molecule has 2 aromatic carbocycles. The fourth-order valence-corrected chi connectivity index (χ4v) is 3.33. The molecule has 31 heavy (non-hydrogen) atoms. The van der Waals surface area contributed by atoms with Crippen molar-refractivity contribution in [3.63, 3.8) is 0 Å². The maximum absolute atomic E-state index is 12.5. The number of hydrogen-bond donors (Lipinski definition) is 2. The fraction of sp³-hybridized carbons (Fsp3) is 0.130. The first kappa shape index (κ1) is 20.1. The van der Waals surface area contributed by atoms with Crippen LogP contribution in [0.2, 0.25) is 0 Å². The Labute approximate surface area is 177 Å². The Hall–Kier alpha value is -4.20. The van der Waals surface area contributed by atoms with Crippen LogP contribution < -0.4 is 10.6 Å². The van der Waals surface area contributed by atoms with Crippen molar-refractivity contribution >= 4 is 29.3 Å². The van der Waals surface area contributed by atoms with Crippen LogP contribution >= 0.6 is 0 Å². The van der Waals surface area contributed by atoms with Crippen LogP contribution in [0.15, 0.2) is 71.3 Å². The predicted octanol–water partition coefficient (Wildman–Crippen LogP) is 2.83. The Morgan fingerprint density at radius 3 is 2.23 bits per heavy atom. The van der Waals surface area contributed by atoms with Gasteiger partial charge in [0.1, 0.15) is 5.76 Å². The highest BCUT2D eigenvalue weighted by Crippen LogP contribution is 2.22. The van der Waals surface area contributed by atoms with Gasteiger partial charge in [0.25, 0.3) is 17.7 Å². The lowest BCUT2D eigenvalue weighted by atomic mass is 10.1. The van der Waals surface area contributed by atoms with Crippen LogP contribution in [0, 0.1) is 0 Å². The first-order valence-corrected chi connectivity index (χ1v) is 9.69. The lowest BCUT2D eigenvalue weighted by Crippen LogP contribution is -2.33. The van der Waals surface area contributed by atoms with Crippen LogP contribution in [0.25, 0.3) is 0 Å². The van der Waals surface area contributed by atoms with Crippen LogP contribution in [-0.2, 0) is 11.3 Å². The van der Waals surface area contributed by atoms with Crippen LogP contribution in [0.3, 0.4) is 0 Å². The molecule has 0 spiro atoms. The Kier molecular flexibility index (Phi) is 5.61. The molecule has 1 aromatic heterocycles. The molecule has 0 fully saturated rings. The van der Waals surface area contributed by atoms with Crippen LogP contribution in [0.4, 0.5) is 5.69 Å². The normalized spacial score (nSPS) is 12.6. The largest absolute Gasteiger partial charge is 0.467 e. The zero-order valence-electron chi connectivity index (χ0n) is 16.5. The van der Waals surface area contributed by atoms with Gasteiger partial charge in [-0.2, -0.15) is 0 Å². The zero-order chi connectivity index (χ0) is 21.8. The molecule has 3 aromatic rings. The smallest absolute Gasteiger partial charge is 0.261 e. The molecule has 2 heterocycles. The summed E-state index contributed by atoms with van der Waals surface area (Å²) in [6.45, 7) is 0.166. The van der Waals surface area contributed by atoms with Gasteiger partial charge in [0.15, 0.2) is 0 Å². The van der Waals surface area contributed by atoms with E-state index in [-0.39, 0.29) is 25.4 Å². The molecule has 8 heteroatoms. The molecule has 1 aliphatic rings. The number of para-hydroxylation sites is 1. The summed E-state index contributed by atoms with van der Waals surface area (Å²) in [5.41, 5.74) is 1.31. The lowest BCUT2D eigenvalue weighted by molar-refractivity contribution is -0.116. The highest BCUT2D eigenvalue weighted by Gasteiger charge is 2.35. The topological polar surface area (TPSA) is 109 Å². The van der Waals surface area contributed by atoms with Crippen molar-refractivity contribution in [1.82, 2.24) is 10.2 Å². The number of hydrogen-bond acceptors (Lipinski definition) is 5. The van der Waals surface area contributed by atoms with Gasteiger partial charge in [-0.05, 0) is 36.4 Å². The molecule has 0 bridgehead atoms. The summed E-state index contributed by atoms with van der Waals surface area (Å²) in [4.78, 5) is 50.9. The number of imide groups is 1. The Bertz CT molecular complexity index is 1120. The average Bonchev–Trinajstić information content (AvgIpc) is 3.39. The van der Waals surface area contributed by atoms with E-state index in [2.05, 4.69) is 10.6 Å². The van der Waals surface area contributed by atoms with Crippen molar-refractivity contribution in [2.45, 2.75) is 13.0 Å². The minimum absolute atomic E-state index is 0.0506. The van der Waals surface area contributed by atoms with Gasteiger partial charge in [0.2, 0.25) is 5.91 Å². The van der Waals surface area contributed by atoms with E-state index in [4.69, 9.17) is 4.42 Å². The minimum atomic E-state index is -0.414. The summed E-state index contributed by atoms with van der Waals surface area (Å²) in [5.74, 6) is -0.997. The molecule has 0 aliphatic carbocycles. The van der Waals surface area contributed by atoms with Gasteiger partial charge in [-0.15, -0.1) is 0 Å². The third-order valence-corrected chi connectivity index (χ3v) is 4.89. The second-order valence-electron chi connectivity index (χ2n) is 6.91. The molecular formula is C23H19N3O5. The lowest BCUT2D eigenvalue weighted by Gasteiger charge is -2.14. The molecular weight excluding hydrogens is 398 g/mol. The molecule has 0 radical (unpaired) electrons. The second-order valence-corrected chi connectivity index (χ2v) is 6.91. The maximum atomic E-state index is 12.5. The van der Waals surface area contributed by atoms with E-state index in [0.29, 0.717) is 28.1 Å². The molecule has 156 valence electrons. The van der Waals surface area contributed by atoms with Crippen molar-refractivity contribution in [2.75, 3.05) is 11.9 Å². The third-order valence-electron chi connectivity index (χ3n) is 4.89. The highest BCUT2D eigenvalue weighted by atomic mass is 16.3. The number of rotatable bonds is 7.